The molecule has 0 aliphatic rings. The van der Waals surface area contributed by atoms with Gasteiger partial charge >= 0.3 is 11.9 Å². The van der Waals surface area contributed by atoms with Crippen LogP contribution in [0.2, 0.25) is 0 Å². The molecular weight excluding hydrogens is 362 g/mol. The van der Waals surface area contributed by atoms with Crippen LogP contribution in [0.15, 0.2) is 53.5 Å². The molecule has 0 heterocycles. The van der Waals surface area contributed by atoms with E-state index in [0.29, 0.717) is 22.6 Å². The molecule has 8 nitrogen and oxygen atoms in total. The molecule has 28 heavy (non-hydrogen) atoms. The Morgan fingerprint density at radius 3 is 2.14 bits per heavy atom. The number of benzene rings is 2. The molecule has 2 aromatic carbocycles. The number of carbonyl (C=O) groups is 3. The Morgan fingerprint density at radius 2 is 1.61 bits per heavy atom. The van der Waals surface area contributed by atoms with Gasteiger partial charge in [-0.15, -0.1) is 0 Å². The fraction of sp³-hybridized carbons (Fsp3) is 0.200. The second-order valence-corrected chi connectivity index (χ2v) is 6.07. The van der Waals surface area contributed by atoms with Crippen molar-refractivity contribution in [2.75, 3.05) is 6.61 Å². The number of ether oxygens (including phenoxy) is 2. The summed E-state index contributed by atoms with van der Waals surface area (Å²) < 4.78 is 10.2. The smallest absolute Gasteiger partial charge is 0.343 e. The fourth-order valence-corrected chi connectivity index (χ4v) is 2.25. The number of rotatable bonds is 7. The van der Waals surface area contributed by atoms with E-state index < -0.39 is 17.9 Å². The van der Waals surface area contributed by atoms with Crippen molar-refractivity contribution >= 4 is 29.4 Å². The molecule has 0 saturated carbocycles. The lowest BCUT2D eigenvalue weighted by molar-refractivity contribution is -0.148. The molecule has 0 bridgehead atoms. The molecule has 146 valence electrons. The van der Waals surface area contributed by atoms with Crippen molar-refractivity contribution in [3.05, 3.63) is 59.7 Å². The zero-order valence-corrected chi connectivity index (χ0v) is 15.5. The molecule has 0 spiro atoms. The molecule has 0 fully saturated rings. The van der Waals surface area contributed by atoms with Gasteiger partial charge in [0, 0.05) is 0 Å². The van der Waals surface area contributed by atoms with Crippen LogP contribution in [0.1, 0.15) is 35.7 Å². The van der Waals surface area contributed by atoms with Gasteiger partial charge in [0.25, 0.3) is 0 Å². The Bertz CT molecular complexity index is 885. The second-order valence-electron chi connectivity index (χ2n) is 6.07. The summed E-state index contributed by atoms with van der Waals surface area (Å²) in [6.45, 7) is 2.76. The highest BCUT2D eigenvalue weighted by atomic mass is 16.5. The first-order valence-electron chi connectivity index (χ1n) is 8.44. The van der Waals surface area contributed by atoms with Crippen LogP contribution >= 0.6 is 0 Å². The number of aliphatic imine (C=N–C) groups is 1. The Balaban J connectivity index is 1.99. The second kappa shape index (κ2) is 9.31. The van der Waals surface area contributed by atoms with Crippen LogP contribution < -0.4 is 16.2 Å². The number of guanidine groups is 1. The van der Waals surface area contributed by atoms with Gasteiger partial charge in [-0.2, -0.15) is 0 Å². The Morgan fingerprint density at radius 1 is 1.00 bits per heavy atom. The first-order chi connectivity index (χ1) is 13.3. The SMILES string of the molecule is CC(=O)COC(=O)[C@H](C)c1ccc(OC(=O)c2ccc(N=C(N)N)cc2)cc1. The van der Waals surface area contributed by atoms with E-state index in [0.717, 1.165) is 0 Å². The summed E-state index contributed by atoms with van der Waals surface area (Å²) in [5, 5.41) is 0. The lowest BCUT2D eigenvalue weighted by Gasteiger charge is -2.12. The number of Topliss-reactive ketones (excluding diaryl/α,β-unsaturated/α-hetero) is 1. The van der Waals surface area contributed by atoms with Gasteiger partial charge in [0.2, 0.25) is 0 Å². The van der Waals surface area contributed by atoms with Gasteiger partial charge < -0.3 is 20.9 Å². The number of ketones is 1. The van der Waals surface area contributed by atoms with E-state index >= 15 is 0 Å². The first kappa shape index (κ1) is 20.6. The van der Waals surface area contributed by atoms with Crippen molar-refractivity contribution in [1.82, 2.24) is 0 Å². The average molecular weight is 383 g/mol. The lowest BCUT2D eigenvalue weighted by Crippen LogP contribution is -2.21. The summed E-state index contributed by atoms with van der Waals surface area (Å²) in [7, 11) is 0. The van der Waals surface area contributed by atoms with E-state index in [1.807, 2.05) is 0 Å². The van der Waals surface area contributed by atoms with Crippen molar-refractivity contribution in [2.24, 2.45) is 16.5 Å². The fourth-order valence-electron chi connectivity index (χ4n) is 2.25. The van der Waals surface area contributed by atoms with Gasteiger partial charge in [-0.25, -0.2) is 9.79 Å². The number of hydrogen-bond donors (Lipinski definition) is 2. The third-order valence-electron chi connectivity index (χ3n) is 3.72. The average Bonchev–Trinajstić information content (AvgIpc) is 2.66. The number of nitrogens with zero attached hydrogens (tertiary/aromatic N) is 1. The third-order valence-corrected chi connectivity index (χ3v) is 3.72. The molecule has 1 atom stereocenters. The minimum absolute atomic E-state index is 0.0742. The highest BCUT2D eigenvalue weighted by Crippen LogP contribution is 2.21. The molecule has 0 saturated heterocycles. The summed E-state index contributed by atoms with van der Waals surface area (Å²) >= 11 is 0. The van der Waals surface area contributed by atoms with E-state index in [-0.39, 0.29) is 18.3 Å². The van der Waals surface area contributed by atoms with E-state index in [1.54, 1.807) is 55.5 Å². The predicted octanol–water partition coefficient (Wildman–Crippen LogP) is 2.05. The quantitative estimate of drug-likeness (QED) is 0.323. The first-order valence-corrected chi connectivity index (χ1v) is 8.44. The summed E-state index contributed by atoms with van der Waals surface area (Å²) in [6, 6.07) is 12.7. The highest BCUT2D eigenvalue weighted by molar-refractivity contribution is 5.91. The summed E-state index contributed by atoms with van der Waals surface area (Å²) in [4.78, 5) is 38.9. The molecule has 0 radical (unpaired) electrons. The van der Waals surface area contributed by atoms with E-state index in [1.165, 1.54) is 6.92 Å². The van der Waals surface area contributed by atoms with Crippen LogP contribution in [0.25, 0.3) is 0 Å². The monoisotopic (exact) mass is 383 g/mol. The van der Waals surface area contributed by atoms with E-state index in [4.69, 9.17) is 20.9 Å². The molecule has 4 N–H and O–H groups in total. The van der Waals surface area contributed by atoms with Crippen LogP contribution in [-0.2, 0) is 14.3 Å². The van der Waals surface area contributed by atoms with Gasteiger partial charge in [-0.3, -0.25) is 9.59 Å². The Hall–Kier alpha value is -3.68. The van der Waals surface area contributed by atoms with Gasteiger partial charge in [-0.1, -0.05) is 12.1 Å². The Labute approximate surface area is 162 Å². The molecule has 0 amide bonds. The molecule has 0 unspecified atom stereocenters. The van der Waals surface area contributed by atoms with Crippen LogP contribution in [0, 0.1) is 0 Å². The summed E-state index contributed by atoms with van der Waals surface area (Å²) in [5.74, 6) is -1.57. The van der Waals surface area contributed by atoms with Crippen molar-refractivity contribution in [3.8, 4) is 5.75 Å². The topological polar surface area (TPSA) is 134 Å². The minimum atomic E-state index is -0.549. The standard InChI is InChI=1S/C20H21N3O5/c1-12(24)11-27-18(25)13(2)14-5-9-17(10-6-14)28-19(26)15-3-7-16(8-4-15)23-20(21)22/h3-10,13H,11H2,1-2H3,(H4,21,22,23)/t13-/m1/s1. The van der Waals surface area contributed by atoms with Gasteiger partial charge in [0.15, 0.2) is 11.7 Å². The summed E-state index contributed by atoms with van der Waals surface area (Å²) in [6.07, 6.45) is 0. The van der Waals surface area contributed by atoms with Crippen LogP contribution in [0.4, 0.5) is 5.69 Å². The van der Waals surface area contributed by atoms with E-state index in [2.05, 4.69) is 4.99 Å². The maximum atomic E-state index is 12.2. The van der Waals surface area contributed by atoms with Crippen molar-refractivity contribution in [2.45, 2.75) is 19.8 Å². The molecule has 0 aromatic heterocycles. The highest BCUT2D eigenvalue weighted by Gasteiger charge is 2.18. The number of nitrogens with two attached hydrogens (primary N) is 2. The third kappa shape index (κ3) is 5.94. The molecule has 8 heteroatoms. The number of esters is 2. The maximum absolute atomic E-state index is 12.2. The molecular formula is C20H21N3O5. The minimum Gasteiger partial charge on any atom is -0.457 e. The summed E-state index contributed by atoms with van der Waals surface area (Å²) in [5.41, 5.74) is 12.1. The normalized spacial score (nSPS) is 11.2. The lowest BCUT2D eigenvalue weighted by atomic mass is 10.0. The number of carbonyl (C=O) groups excluding carboxylic acids is 3. The number of hydrogen-bond acceptors (Lipinski definition) is 6. The maximum Gasteiger partial charge on any atom is 0.343 e. The molecule has 2 rings (SSSR count). The molecule has 0 aliphatic carbocycles. The van der Waals surface area contributed by atoms with Gasteiger partial charge in [-0.05, 0) is 55.8 Å². The van der Waals surface area contributed by atoms with Crippen LogP contribution in [0.5, 0.6) is 5.75 Å². The molecule has 0 aliphatic heterocycles. The van der Waals surface area contributed by atoms with E-state index in [9.17, 15) is 14.4 Å². The van der Waals surface area contributed by atoms with Crippen LogP contribution in [-0.4, -0.2) is 30.3 Å². The van der Waals surface area contributed by atoms with Crippen molar-refractivity contribution < 1.29 is 23.9 Å². The van der Waals surface area contributed by atoms with Gasteiger partial charge in [0.05, 0.1) is 17.2 Å². The van der Waals surface area contributed by atoms with Gasteiger partial charge in [0.1, 0.15) is 12.4 Å². The zero-order valence-electron chi connectivity index (χ0n) is 15.5. The van der Waals surface area contributed by atoms with Crippen LogP contribution in [0.3, 0.4) is 0 Å². The zero-order chi connectivity index (χ0) is 20.7. The largest absolute Gasteiger partial charge is 0.457 e. The Kier molecular flexibility index (Phi) is 6.86. The molecule has 2 aromatic rings. The van der Waals surface area contributed by atoms with Crippen molar-refractivity contribution in [3.63, 3.8) is 0 Å². The van der Waals surface area contributed by atoms with Crippen molar-refractivity contribution in [1.29, 1.82) is 0 Å². The predicted molar refractivity (Wildman–Crippen MR) is 103 cm³/mol.